The van der Waals surface area contributed by atoms with Crippen molar-refractivity contribution in [1.29, 1.82) is 0 Å². The van der Waals surface area contributed by atoms with E-state index in [1.165, 1.54) is 12.1 Å². The van der Waals surface area contributed by atoms with Crippen molar-refractivity contribution in [3.05, 3.63) is 59.9 Å². The first-order valence-electron chi connectivity index (χ1n) is 7.70. The normalized spacial score (nSPS) is 11.8. The van der Waals surface area contributed by atoms with Gasteiger partial charge in [-0.15, -0.1) is 0 Å². The van der Waals surface area contributed by atoms with Crippen LogP contribution in [0.15, 0.2) is 53.4 Å². The number of carbonyl (C=O) groups is 1. The van der Waals surface area contributed by atoms with Crippen LogP contribution in [0.5, 0.6) is 0 Å². The summed E-state index contributed by atoms with van der Waals surface area (Å²) < 4.78 is 26.7. The number of aromatic nitrogens is 2. The van der Waals surface area contributed by atoms with Gasteiger partial charge in [-0.05, 0) is 38.1 Å². The molecule has 0 amide bonds. The molecule has 0 bridgehead atoms. The number of nitrogens with zero attached hydrogens (tertiary/aromatic N) is 2. The fourth-order valence-corrected chi connectivity index (χ4v) is 3.87. The van der Waals surface area contributed by atoms with Gasteiger partial charge in [-0.3, -0.25) is 4.79 Å². The van der Waals surface area contributed by atoms with Gasteiger partial charge in [0.15, 0.2) is 15.7 Å². The predicted molar refractivity (Wildman–Crippen MR) is 93.0 cm³/mol. The number of hydrogen-bond acceptors (Lipinski definition) is 4. The monoisotopic (exact) mass is 342 g/mol. The quantitative estimate of drug-likeness (QED) is 0.668. The first-order chi connectivity index (χ1) is 11.4. The van der Waals surface area contributed by atoms with Crippen molar-refractivity contribution < 1.29 is 13.2 Å². The Bertz CT molecular complexity index is 1000. The Kier molecular flexibility index (Phi) is 4.24. The van der Waals surface area contributed by atoms with E-state index < -0.39 is 21.4 Å². The highest BCUT2D eigenvalue weighted by atomic mass is 32.2. The van der Waals surface area contributed by atoms with Crippen LogP contribution in [0.2, 0.25) is 0 Å². The number of rotatable bonds is 5. The Hall–Kier alpha value is -2.47. The third-order valence-electron chi connectivity index (χ3n) is 3.92. The van der Waals surface area contributed by atoms with Gasteiger partial charge in [0.05, 0.1) is 15.9 Å². The zero-order chi connectivity index (χ0) is 17.3. The molecule has 6 heteroatoms. The van der Waals surface area contributed by atoms with Crippen molar-refractivity contribution >= 4 is 26.7 Å². The fraction of sp³-hybridized carbons (Fsp3) is 0.222. The molecule has 1 heterocycles. The Morgan fingerprint density at radius 2 is 1.75 bits per heavy atom. The van der Waals surface area contributed by atoms with E-state index >= 15 is 0 Å². The number of sulfone groups is 1. The van der Waals surface area contributed by atoms with Crippen LogP contribution < -0.4 is 0 Å². The summed E-state index contributed by atoms with van der Waals surface area (Å²) in [5.74, 6) is -0.887. The van der Waals surface area contributed by atoms with Gasteiger partial charge in [0.1, 0.15) is 5.75 Å². The van der Waals surface area contributed by atoms with E-state index in [1.807, 2.05) is 38.1 Å². The molecule has 0 fully saturated rings. The zero-order valence-electron chi connectivity index (χ0n) is 13.6. The first kappa shape index (κ1) is 16.4. The van der Waals surface area contributed by atoms with E-state index in [2.05, 4.69) is 4.98 Å². The van der Waals surface area contributed by atoms with Gasteiger partial charge < -0.3 is 4.57 Å². The van der Waals surface area contributed by atoms with Gasteiger partial charge >= 0.3 is 0 Å². The van der Waals surface area contributed by atoms with Crippen LogP contribution in [0.25, 0.3) is 11.0 Å². The minimum absolute atomic E-state index is 0.153. The van der Waals surface area contributed by atoms with Crippen LogP contribution in [-0.2, 0) is 16.4 Å². The van der Waals surface area contributed by atoms with Crippen molar-refractivity contribution in [2.75, 3.05) is 5.75 Å². The molecule has 1 aromatic heterocycles. The molecular weight excluding hydrogens is 324 g/mol. The largest absolute Gasteiger partial charge is 0.322 e. The highest BCUT2D eigenvalue weighted by Gasteiger charge is 2.24. The lowest BCUT2D eigenvalue weighted by atomic mass is 10.2. The van der Waals surface area contributed by atoms with Crippen molar-refractivity contribution in [1.82, 2.24) is 9.55 Å². The number of hydrogen-bond donors (Lipinski definition) is 0. The maximum absolute atomic E-state index is 12.6. The molecule has 0 saturated heterocycles. The molecule has 2 aromatic carbocycles. The number of aryl methyl sites for hydroxylation is 2. The SMILES string of the molecule is CCn1c(C(=O)CS(=O)(=O)c2ccc(C)cc2)nc2ccccc21. The topological polar surface area (TPSA) is 69.0 Å². The summed E-state index contributed by atoms with van der Waals surface area (Å²) in [5.41, 5.74) is 2.49. The van der Waals surface area contributed by atoms with Gasteiger partial charge in [-0.2, -0.15) is 0 Å². The van der Waals surface area contributed by atoms with Crippen molar-refractivity contribution in [2.24, 2.45) is 0 Å². The Balaban J connectivity index is 1.96. The van der Waals surface area contributed by atoms with Crippen molar-refractivity contribution in [2.45, 2.75) is 25.3 Å². The van der Waals surface area contributed by atoms with Crippen LogP contribution in [0.4, 0.5) is 0 Å². The molecule has 3 aromatic rings. The second-order valence-electron chi connectivity index (χ2n) is 5.66. The molecule has 0 radical (unpaired) electrons. The minimum atomic E-state index is -3.69. The number of para-hydroxylation sites is 2. The van der Waals surface area contributed by atoms with Crippen molar-refractivity contribution in [3.8, 4) is 0 Å². The summed E-state index contributed by atoms with van der Waals surface area (Å²) in [6.45, 7) is 4.33. The number of carbonyl (C=O) groups excluding carboxylic acids is 1. The van der Waals surface area contributed by atoms with Crippen LogP contribution in [-0.4, -0.2) is 29.5 Å². The first-order valence-corrected chi connectivity index (χ1v) is 9.35. The molecule has 124 valence electrons. The number of Topliss-reactive ketones (excluding diaryl/α,β-unsaturated/α-hetero) is 1. The molecule has 3 rings (SSSR count). The van der Waals surface area contributed by atoms with Crippen LogP contribution in [0, 0.1) is 6.92 Å². The molecule has 5 nitrogen and oxygen atoms in total. The molecule has 0 spiro atoms. The van der Waals surface area contributed by atoms with Crippen LogP contribution in [0.1, 0.15) is 23.1 Å². The van der Waals surface area contributed by atoms with Crippen LogP contribution in [0.3, 0.4) is 0 Å². The molecule has 0 saturated carbocycles. The molecule has 24 heavy (non-hydrogen) atoms. The summed E-state index contributed by atoms with van der Waals surface area (Å²) in [4.78, 5) is 17.1. The van der Waals surface area contributed by atoms with Gasteiger partial charge in [0, 0.05) is 6.54 Å². The Labute approximate surface area is 140 Å². The maximum atomic E-state index is 12.6. The van der Waals surface area contributed by atoms with Gasteiger partial charge in [0.25, 0.3) is 0 Å². The standard InChI is InChI=1S/C18H18N2O3S/c1-3-20-16-7-5-4-6-15(16)19-18(20)17(21)12-24(22,23)14-10-8-13(2)9-11-14/h4-11H,3,12H2,1-2H3. The van der Waals surface area contributed by atoms with E-state index in [0.29, 0.717) is 12.1 Å². The molecule has 0 aliphatic rings. The average Bonchev–Trinajstić information content (AvgIpc) is 2.93. The lowest BCUT2D eigenvalue weighted by molar-refractivity contribution is 0.100. The Morgan fingerprint density at radius 3 is 2.42 bits per heavy atom. The average molecular weight is 342 g/mol. The van der Waals surface area contributed by atoms with Gasteiger partial charge in [-0.1, -0.05) is 29.8 Å². The number of fused-ring (bicyclic) bond motifs is 1. The maximum Gasteiger partial charge on any atom is 0.213 e. The Morgan fingerprint density at radius 1 is 1.08 bits per heavy atom. The van der Waals surface area contributed by atoms with Gasteiger partial charge in [0.2, 0.25) is 5.78 Å². The molecule has 0 N–H and O–H groups in total. The highest BCUT2D eigenvalue weighted by Crippen LogP contribution is 2.18. The molecule has 0 aliphatic heterocycles. The minimum Gasteiger partial charge on any atom is -0.322 e. The predicted octanol–water partition coefficient (Wildman–Crippen LogP) is 3.02. The van der Waals surface area contributed by atoms with Gasteiger partial charge in [-0.25, -0.2) is 13.4 Å². The number of benzene rings is 2. The zero-order valence-corrected chi connectivity index (χ0v) is 14.4. The van der Waals surface area contributed by atoms with Crippen LogP contribution >= 0.6 is 0 Å². The van der Waals surface area contributed by atoms with E-state index in [1.54, 1.807) is 16.7 Å². The summed E-state index contributed by atoms with van der Waals surface area (Å²) in [6, 6.07) is 13.9. The summed E-state index contributed by atoms with van der Waals surface area (Å²) >= 11 is 0. The van der Waals surface area contributed by atoms with E-state index in [0.717, 1.165) is 11.1 Å². The molecular formula is C18H18N2O3S. The summed E-state index contributed by atoms with van der Waals surface area (Å²) in [6.07, 6.45) is 0. The highest BCUT2D eigenvalue weighted by molar-refractivity contribution is 7.92. The second-order valence-corrected chi connectivity index (χ2v) is 7.65. The third kappa shape index (κ3) is 2.97. The van der Waals surface area contributed by atoms with E-state index in [9.17, 15) is 13.2 Å². The molecule has 0 aliphatic carbocycles. The van der Waals surface area contributed by atoms with E-state index in [4.69, 9.17) is 0 Å². The third-order valence-corrected chi connectivity index (χ3v) is 5.55. The lowest BCUT2D eigenvalue weighted by Crippen LogP contribution is -2.20. The molecule has 0 unspecified atom stereocenters. The molecule has 0 atom stereocenters. The second kappa shape index (κ2) is 6.20. The fourth-order valence-electron chi connectivity index (χ4n) is 2.67. The number of imidazole rings is 1. The lowest BCUT2D eigenvalue weighted by Gasteiger charge is -2.06. The van der Waals surface area contributed by atoms with Crippen molar-refractivity contribution in [3.63, 3.8) is 0 Å². The summed E-state index contributed by atoms with van der Waals surface area (Å²) in [5, 5.41) is 0. The number of ketones is 1. The summed E-state index contributed by atoms with van der Waals surface area (Å²) in [7, 11) is -3.69. The van der Waals surface area contributed by atoms with E-state index in [-0.39, 0.29) is 10.7 Å². The smallest absolute Gasteiger partial charge is 0.213 e.